The maximum absolute atomic E-state index is 12.7. The number of rotatable bonds is 5. The van der Waals surface area contributed by atoms with Gasteiger partial charge in [-0.2, -0.15) is 13.2 Å². The van der Waals surface area contributed by atoms with E-state index in [4.69, 9.17) is 0 Å². The van der Waals surface area contributed by atoms with E-state index in [0.717, 1.165) is 29.6 Å². The van der Waals surface area contributed by atoms with Gasteiger partial charge in [0, 0.05) is 32.1 Å². The Morgan fingerprint density at radius 3 is 2.24 bits per heavy atom. The maximum Gasteiger partial charge on any atom is 0.417 e. The Balaban J connectivity index is 2.26. The summed E-state index contributed by atoms with van der Waals surface area (Å²) >= 11 is 1.03. The average Bonchev–Trinajstić information content (AvgIpc) is 2.53. The first-order valence-electron chi connectivity index (χ1n) is 7.37. The Kier molecular flexibility index (Phi) is 5.89. The standard InChI is InChI=1S/C18H17F3N2OS/c1-12-4-6-13(7-5-12)17(24)15(11-23(2)3)25-16-9-8-14(10-22-16)18(19,20)21/h4-11H,1-3H3. The Bertz CT molecular complexity index is 766. The van der Waals surface area contributed by atoms with Crippen molar-refractivity contribution < 1.29 is 18.0 Å². The van der Waals surface area contributed by atoms with Crippen molar-refractivity contribution in [3.63, 3.8) is 0 Å². The highest BCUT2D eigenvalue weighted by molar-refractivity contribution is 8.04. The molecule has 2 aromatic rings. The van der Waals surface area contributed by atoms with Gasteiger partial charge in [-0.3, -0.25) is 4.79 Å². The zero-order chi connectivity index (χ0) is 18.6. The SMILES string of the molecule is Cc1ccc(C(=O)C(=CN(C)C)Sc2ccc(C(F)(F)F)cn2)cc1. The van der Waals surface area contributed by atoms with Gasteiger partial charge in [-0.05, 0) is 19.1 Å². The van der Waals surface area contributed by atoms with Crippen molar-refractivity contribution in [2.75, 3.05) is 14.1 Å². The number of hydrogen-bond donors (Lipinski definition) is 0. The monoisotopic (exact) mass is 366 g/mol. The largest absolute Gasteiger partial charge is 0.417 e. The molecule has 2 rings (SSSR count). The predicted molar refractivity (Wildman–Crippen MR) is 92.4 cm³/mol. The van der Waals surface area contributed by atoms with Crippen LogP contribution in [0, 0.1) is 6.92 Å². The van der Waals surface area contributed by atoms with E-state index in [1.165, 1.54) is 6.07 Å². The minimum absolute atomic E-state index is 0.208. The average molecular weight is 366 g/mol. The van der Waals surface area contributed by atoms with Gasteiger partial charge in [-0.25, -0.2) is 4.98 Å². The minimum Gasteiger partial charge on any atom is -0.382 e. The molecule has 0 saturated heterocycles. The van der Waals surface area contributed by atoms with Crippen LogP contribution in [0.15, 0.2) is 58.7 Å². The van der Waals surface area contributed by atoms with Crippen LogP contribution in [0.5, 0.6) is 0 Å². The highest BCUT2D eigenvalue weighted by Gasteiger charge is 2.30. The van der Waals surface area contributed by atoms with Gasteiger partial charge in [0.25, 0.3) is 0 Å². The van der Waals surface area contributed by atoms with Gasteiger partial charge in [-0.15, -0.1) is 0 Å². The highest BCUT2D eigenvalue weighted by Crippen LogP contribution is 2.32. The van der Waals surface area contributed by atoms with Crippen molar-refractivity contribution in [3.05, 3.63) is 70.4 Å². The number of carbonyl (C=O) groups excluding carboxylic acids is 1. The molecule has 132 valence electrons. The lowest BCUT2D eigenvalue weighted by Gasteiger charge is -2.12. The molecule has 1 heterocycles. The molecule has 0 aliphatic carbocycles. The summed E-state index contributed by atoms with van der Waals surface area (Å²) in [6.45, 7) is 1.92. The van der Waals surface area contributed by atoms with E-state index in [2.05, 4.69) is 4.98 Å². The maximum atomic E-state index is 12.7. The van der Waals surface area contributed by atoms with Crippen LogP contribution in [0.1, 0.15) is 21.5 Å². The number of nitrogens with zero attached hydrogens (tertiary/aromatic N) is 2. The molecule has 0 aliphatic rings. The van der Waals surface area contributed by atoms with E-state index in [9.17, 15) is 18.0 Å². The lowest BCUT2D eigenvalue weighted by molar-refractivity contribution is -0.137. The van der Waals surface area contributed by atoms with Crippen LogP contribution in [0.3, 0.4) is 0 Å². The molecule has 1 aromatic carbocycles. The zero-order valence-corrected chi connectivity index (χ0v) is 14.8. The van der Waals surface area contributed by atoms with Crippen LogP contribution in [-0.4, -0.2) is 29.8 Å². The zero-order valence-electron chi connectivity index (χ0n) is 14.0. The fraction of sp³-hybridized carbons (Fsp3) is 0.222. The summed E-state index contributed by atoms with van der Waals surface area (Å²) in [7, 11) is 3.53. The van der Waals surface area contributed by atoms with Crippen molar-refractivity contribution in [1.82, 2.24) is 9.88 Å². The van der Waals surface area contributed by atoms with Crippen LogP contribution in [0.4, 0.5) is 13.2 Å². The lowest BCUT2D eigenvalue weighted by atomic mass is 10.1. The molecular weight excluding hydrogens is 349 g/mol. The van der Waals surface area contributed by atoms with Gasteiger partial charge in [0.05, 0.1) is 10.5 Å². The van der Waals surface area contributed by atoms with Crippen molar-refractivity contribution in [2.24, 2.45) is 0 Å². The number of allylic oxidation sites excluding steroid dienone is 1. The van der Waals surface area contributed by atoms with Gasteiger partial charge in [-0.1, -0.05) is 41.6 Å². The summed E-state index contributed by atoms with van der Waals surface area (Å²) in [5.74, 6) is -0.208. The number of hydrogen-bond acceptors (Lipinski definition) is 4. The number of aryl methyl sites for hydroxylation is 1. The van der Waals surface area contributed by atoms with E-state index in [-0.39, 0.29) is 5.78 Å². The molecule has 0 fully saturated rings. The molecule has 0 radical (unpaired) electrons. The van der Waals surface area contributed by atoms with E-state index < -0.39 is 11.7 Å². The van der Waals surface area contributed by atoms with Crippen molar-refractivity contribution >= 4 is 17.5 Å². The molecule has 0 N–H and O–H groups in total. The quantitative estimate of drug-likeness (QED) is 0.433. The molecule has 0 amide bonds. The first kappa shape index (κ1) is 19.1. The molecular formula is C18H17F3N2OS. The molecule has 0 unspecified atom stereocenters. The number of benzene rings is 1. The highest BCUT2D eigenvalue weighted by atomic mass is 32.2. The molecule has 0 saturated carbocycles. The molecule has 0 aliphatic heterocycles. The van der Waals surface area contributed by atoms with E-state index in [1.807, 2.05) is 19.1 Å². The molecule has 0 spiro atoms. The number of thioether (sulfide) groups is 1. The number of ketones is 1. The fourth-order valence-electron chi connectivity index (χ4n) is 1.93. The summed E-state index contributed by atoms with van der Waals surface area (Å²) in [5.41, 5.74) is 0.727. The van der Waals surface area contributed by atoms with Crippen LogP contribution in [0.25, 0.3) is 0 Å². The third-order valence-electron chi connectivity index (χ3n) is 3.19. The van der Waals surface area contributed by atoms with Crippen LogP contribution in [0.2, 0.25) is 0 Å². The van der Waals surface area contributed by atoms with Crippen LogP contribution < -0.4 is 0 Å². The summed E-state index contributed by atoms with van der Waals surface area (Å²) < 4.78 is 37.9. The smallest absolute Gasteiger partial charge is 0.382 e. The van der Waals surface area contributed by atoms with Gasteiger partial charge >= 0.3 is 6.18 Å². The number of carbonyl (C=O) groups is 1. The molecule has 7 heteroatoms. The Morgan fingerprint density at radius 1 is 1.12 bits per heavy atom. The molecule has 1 aromatic heterocycles. The first-order valence-corrected chi connectivity index (χ1v) is 8.19. The van der Waals surface area contributed by atoms with E-state index >= 15 is 0 Å². The molecule has 25 heavy (non-hydrogen) atoms. The summed E-state index contributed by atoms with van der Waals surface area (Å²) in [5, 5.41) is 0.321. The third-order valence-corrected chi connectivity index (χ3v) is 4.15. The minimum atomic E-state index is -4.43. The van der Waals surface area contributed by atoms with Crippen LogP contribution in [-0.2, 0) is 6.18 Å². The number of aromatic nitrogens is 1. The Hall–Kier alpha value is -2.28. The van der Waals surface area contributed by atoms with Gasteiger partial charge in [0.15, 0.2) is 0 Å². The summed E-state index contributed by atoms with van der Waals surface area (Å²) in [6.07, 6.45) is -2.03. The number of halogens is 3. The second-order valence-electron chi connectivity index (χ2n) is 5.64. The number of pyridine rings is 1. The molecule has 0 atom stereocenters. The van der Waals surface area contributed by atoms with Gasteiger partial charge < -0.3 is 4.90 Å². The lowest BCUT2D eigenvalue weighted by Crippen LogP contribution is -2.09. The predicted octanol–water partition coefficient (Wildman–Crippen LogP) is 4.79. The second kappa shape index (κ2) is 7.74. The second-order valence-corrected chi connectivity index (χ2v) is 6.70. The number of alkyl halides is 3. The van der Waals surface area contributed by atoms with Gasteiger partial charge in [0.1, 0.15) is 5.03 Å². The Labute approximate surface area is 148 Å². The van der Waals surface area contributed by atoms with Crippen molar-refractivity contribution in [2.45, 2.75) is 18.1 Å². The van der Waals surface area contributed by atoms with Crippen molar-refractivity contribution in [3.8, 4) is 0 Å². The topological polar surface area (TPSA) is 33.2 Å². The summed E-state index contributed by atoms with van der Waals surface area (Å²) in [4.78, 5) is 18.6. The van der Waals surface area contributed by atoms with Crippen LogP contribution >= 0.6 is 11.8 Å². The van der Waals surface area contributed by atoms with Gasteiger partial charge in [0.2, 0.25) is 5.78 Å². The molecule has 3 nitrogen and oxygen atoms in total. The fourth-order valence-corrected chi connectivity index (χ4v) is 2.87. The third kappa shape index (κ3) is 5.35. The first-order chi connectivity index (χ1) is 11.7. The van der Waals surface area contributed by atoms with E-state index in [0.29, 0.717) is 15.5 Å². The van der Waals surface area contributed by atoms with E-state index in [1.54, 1.807) is 37.3 Å². The van der Waals surface area contributed by atoms with Crippen molar-refractivity contribution in [1.29, 1.82) is 0 Å². The Morgan fingerprint density at radius 2 is 1.76 bits per heavy atom. The summed E-state index contributed by atoms with van der Waals surface area (Å²) in [6, 6.07) is 9.34. The normalized spacial score (nSPS) is 12.2. The molecule has 0 bridgehead atoms. The number of Topliss-reactive ketones (excluding diaryl/α,β-unsaturated/α-hetero) is 1.